The van der Waals surface area contributed by atoms with E-state index in [2.05, 4.69) is 6.58 Å². The van der Waals surface area contributed by atoms with Gasteiger partial charge in [0.1, 0.15) is 5.56 Å². The molecule has 2 rings (SSSR count). The van der Waals surface area contributed by atoms with Gasteiger partial charge in [-0.3, -0.25) is 28.5 Å². The first-order valence-electron chi connectivity index (χ1n) is 10.3. The fourth-order valence-electron chi connectivity index (χ4n) is 3.44. The molecule has 0 bridgehead atoms. The molecule has 0 amide bonds. The minimum atomic E-state index is -1.04. The summed E-state index contributed by atoms with van der Waals surface area (Å²) in [6.07, 6.45) is 7.22. The smallest absolute Gasteiger partial charge is 0.319 e. The summed E-state index contributed by atoms with van der Waals surface area (Å²) in [5.41, 5.74) is -2.82. The Balaban J connectivity index is 2.71. The zero-order valence-corrected chi connectivity index (χ0v) is 17.5. The molecule has 1 atom stereocenters. The molecule has 0 saturated heterocycles. The molecule has 1 aliphatic carbocycles. The molecule has 0 aliphatic heterocycles. The summed E-state index contributed by atoms with van der Waals surface area (Å²) >= 11 is 0. The molecule has 1 aromatic rings. The SMILES string of the molecule is C=CCC1C=Cc2c(c(=O)n(CCC(=O)OCC)c(=O)c(=O)n2CCCCC)C1=O. The van der Waals surface area contributed by atoms with Gasteiger partial charge in [0.15, 0.2) is 5.78 Å². The highest BCUT2D eigenvalue weighted by Crippen LogP contribution is 2.22. The topological polar surface area (TPSA) is 104 Å². The van der Waals surface area contributed by atoms with Gasteiger partial charge in [-0.15, -0.1) is 6.58 Å². The molecule has 0 fully saturated rings. The lowest BCUT2D eigenvalue weighted by molar-refractivity contribution is -0.143. The molecule has 1 unspecified atom stereocenters. The van der Waals surface area contributed by atoms with Gasteiger partial charge in [-0.2, -0.15) is 0 Å². The molecule has 0 N–H and O–H groups in total. The third kappa shape index (κ3) is 4.93. The largest absolute Gasteiger partial charge is 0.466 e. The van der Waals surface area contributed by atoms with E-state index in [0.29, 0.717) is 17.4 Å². The summed E-state index contributed by atoms with van der Waals surface area (Å²) in [7, 11) is 0. The number of aromatic nitrogens is 2. The maximum atomic E-state index is 13.2. The predicted octanol–water partition coefficient (Wildman–Crippen LogP) is 1.92. The van der Waals surface area contributed by atoms with Crippen LogP contribution < -0.4 is 16.7 Å². The molecule has 1 aromatic heterocycles. The van der Waals surface area contributed by atoms with Crippen molar-refractivity contribution < 1.29 is 14.3 Å². The minimum Gasteiger partial charge on any atom is -0.466 e. The Hall–Kier alpha value is -3.03. The van der Waals surface area contributed by atoms with Gasteiger partial charge in [0.2, 0.25) is 0 Å². The molecule has 0 aromatic carbocycles. The average Bonchev–Trinajstić information content (AvgIpc) is 2.79. The van der Waals surface area contributed by atoms with Crippen LogP contribution in [0.25, 0.3) is 6.08 Å². The second-order valence-electron chi connectivity index (χ2n) is 7.10. The van der Waals surface area contributed by atoms with Gasteiger partial charge in [0.25, 0.3) is 5.56 Å². The molecule has 30 heavy (non-hydrogen) atoms. The van der Waals surface area contributed by atoms with Crippen LogP contribution in [0.4, 0.5) is 0 Å². The molecule has 1 aliphatic rings. The fourth-order valence-corrected chi connectivity index (χ4v) is 3.44. The second-order valence-corrected chi connectivity index (χ2v) is 7.10. The van der Waals surface area contributed by atoms with Crippen molar-refractivity contribution in [1.29, 1.82) is 0 Å². The van der Waals surface area contributed by atoms with Crippen LogP contribution in [0, 0.1) is 5.92 Å². The molecule has 8 nitrogen and oxygen atoms in total. The number of esters is 1. The first-order chi connectivity index (χ1) is 14.4. The third-order valence-electron chi connectivity index (χ3n) is 5.00. The van der Waals surface area contributed by atoms with Crippen molar-refractivity contribution in [1.82, 2.24) is 9.13 Å². The van der Waals surface area contributed by atoms with Crippen LogP contribution in [0.1, 0.15) is 62.0 Å². The van der Waals surface area contributed by atoms with Gasteiger partial charge >= 0.3 is 17.1 Å². The Morgan fingerprint density at radius 1 is 1.07 bits per heavy atom. The first-order valence-corrected chi connectivity index (χ1v) is 10.3. The lowest BCUT2D eigenvalue weighted by atomic mass is 9.89. The van der Waals surface area contributed by atoms with Gasteiger partial charge < -0.3 is 9.30 Å². The Labute approximate surface area is 174 Å². The standard InChI is InChI=1S/C22H28N2O6/c1-4-7-8-13-23-16-11-10-15(9-5-2)19(26)18(16)20(27)24(22(29)21(23)28)14-12-17(25)30-6-3/h5,10-11,15H,2,4,6-9,12-14H2,1,3H3. The number of unbranched alkanes of at least 4 members (excludes halogenated alkanes) is 2. The molecule has 8 heteroatoms. The van der Waals surface area contributed by atoms with Crippen LogP contribution >= 0.6 is 0 Å². The maximum Gasteiger partial charge on any atom is 0.319 e. The summed E-state index contributed by atoms with van der Waals surface area (Å²) < 4.78 is 6.75. The van der Waals surface area contributed by atoms with Crippen LogP contribution in [0.15, 0.2) is 33.1 Å². The van der Waals surface area contributed by atoms with Gasteiger partial charge in [-0.05, 0) is 25.8 Å². The first kappa shape index (κ1) is 23.3. The van der Waals surface area contributed by atoms with E-state index in [9.17, 15) is 24.0 Å². The highest BCUT2D eigenvalue weighted by Gasteiger charge is 2.29. The van der Waals surface area contributed by atoms with Gasteiger partial charge in [-0.1, -0.05) is 31.9 Å². The van der Waals surface area contributed by atoms with E-state index in [-0.39, 0.29) is 37.4 Å². The number of ether oxygens (including phenoxy) is 1. The normalized spacial score (nSPS) is 15.0. The maximum absolute atomic E-state index is 13.2. The van der Waals surface area contributed by atoms with Crippen molar-refractivity contribution in [2.45, 2.75) is 59.0 Å². The van der Waals surface area contributed by atoms with Gasteiger partial charge in [0, 0.05) is 19.0 Å². The quantitative estimate of drug-likeness (QED) is 0.250. The molecule has 0 spiro atoms. The Morgan fingerprint density at radius 3 is 2.40 bits per heavy atom. The zero-order valence-electron chi connectivity index (χ0n) is 17.5. The van der Waals surface area contributed by atoms with Crippen LogP contribution in [0.5, 0.6) is 0 Å². The summed E-state index contributed by atoms with van der Waals surface area (Å²) in [5, 5.41) is 0. The molecule has 0 radical (unpaired) electrons. The Bertz CT molecular complexity index is 1030. The van der Waals surface area contributed by atoms with Crippen molar-refractivity contribution in [2.24, 2.45) is 5.92 Å². The van der Waals surface area contributed by atoms with Gasteiger partial charge in [0.05, 0.1) is 18.7 Å². The van der Waals surface area contributed by atoms with Gasteiger partial charge in [-0.25, -0.2) is 0 Å². The lowest BCUT2D eigenvalue weighted by Gasteiger charge is -2.17. The van der Waals surface area contributed by atoms with Crippen LogP contribution in [-0.4, -0.2) is 27.5 Å². The number of hydrogen-bond donors (Lipinski definition) is 0. The van der Waals surface area contributed by atoms with Crippen LogP contribution in [0.3, 0.4) is 0 Å². The summed E-state index contributed by atoms with van der Waals surface area (Å²) in [6.45, 7) is 7.33. The van der Waals surface area contributed by atoms with Crippen LogP contribution in [-0.2, 0) is 22.6 Å². The van der Waals surface area contributed by atoms with Crippen molar-refractivity contribution in [3.63, 3.8) is 0 Å². The Kier molecular flexibility index (Phi) is 8.26. The van der Waals surface area contributed by atoms with E-state index in [1.54, 1.807) is 25.2 Å². The third-order valence-corrected chi connectivity index (χ3v) is 5.00. The van der Waals surface area contributed by atoms with Crippen molar-refractivity contribution >= 4 is 17.8 Å². The number of carbonyl (C=O) groups excluding carboxylic acids is 2. The highest BCUT2D eigenvalue weighted by atomic mass is 16.5. The van der Waals surface area contributed by atoms with E-state index in [1.807, 2.05) is 6.92 Å². The molecule has 162 valence electrons. The van der Waals surface area contributed by atoms with Crippen molar-refractivity contribution in [3.8, 4) is 0 Å². The number of nitrogens with zero attached hydrogens (tertiary/aromatic N) is 2. The van der Waals surface area contributed by atoms with E-state index in [0.717, 1.165) is 12.8 Å². The van der Waals surface area contributed by atoms with E-state index in [4.69, 9.17) is 4.74 Å². The lowest BCUT2D eigenvalue weighted by Crippen LogP contribution is -2.42. The molecular weight excluding hydrogens is 388 g/mol. The second kappa shape index (κ2) is 10.7. The van der Waals surface area contributed by atoms with Crippen LogP contribution in [0.2, 0.25) is 0 Å². The number of allylic oxidation sites excluding steroid dienone is 2. The van der Waals surface area contributed by atoms with E-state index in [1.165, 1.54) is 4.57 Å². The monoisotopic (exact) mass is 416 g/mol. The zero-order chi connectivity index (χ0) is 22.3. The number of hydrogen-bond acceptors (Lipinski definition) is 6. The predicted molar refractivity (Wildman–Crippen MR) is 114 cm³/mol. The van der Waals surface area contributed by atoms with Crippen molar-refractivity contribution in [2.75, 3.05) is 6.61 Å². The van der Waals surface area contributed by atoms with E-state index < -0.39 is 34.3 Å². The van der Waals surface area contributed by atoms with Crippen molar-refractivity contribution in [3.05, 3.63) is 61.0 Å². The molecular formula is C22H28N2O6. The molecule has 1 heterocycles. The average molecular weight is 416 g/mol. The summed E-state index contributed by atoms with van der Waals surface area (Å²) in [4.78, 5) is 63.7. The minimum absolute atomic E-state index is 0.151. The Morgan fingerprint density at radius 2 is 1.77 bits per heavy atom. The summed E-state index contributed by atoms with van der Waals surface area (Å²) in [6, 6.07) is 0. The number of rotatable bonds is 10. The highest BCUT2D eigenvalue weighted by molar-refractivity contribution is 6.03. The number of fused-ring (bicyclic) bond motifs is 1. The summed E-state index contributed by atoms with van der Waals surface area (Å²) in [5.74, 6) is -1.64. The number of carbonyl (C=O) groups is 2. The number of ketones is 1. The van der Waals surface area contributed by atoms with E-state index >= 15 is 0 Å². The fraction of sp³-hybridized carbons (Fsp3) is 0.500. The molecule has 0 saturated carbocycles. The number of Topliss-reactive ketones (excluding diaryl/α,β-unsaturated/α-hetero) is 1.